The van der Waals surface area contributed by atoms with Crippen molar-refractivity contribution < 1.29 is 9.18 Å². The Balaban J connectivity index is 2.04. The van der Waals surface area contributed by atoms with Crippen LogP contribution in [0.5, 0.6) is 0 Å². The molecule has 3 rings (SSSR count). The number of amides is 1. The number of carbonyl (C=O) groups excluding carboxylic acids is 1. The second-order valence-corrected chi connectivity index (χ2v) is 7.79. The summed E-state index contributed by atoms with van der Waals surface area (Å²) >= 11 is 6.05. The lowest BCUT2D eigenvalue weighted by molar-refractivity contribution is 0.0940. The Morgan fingerprint density at radius 2 is 1.97 bits per heavy atom. The third kappa shape index (κ3) is 5.27. The van der Waals surface area contributed by atoms with Crippen molar-refractivity contribution in [3.05, 3.63) is 77.5 Å². The Kier molecular flexibility index (Phi) is 7.02. The molecule has 0 aliphatic rings. The molecule has 2 aromatic heterocycles. The molecule has 0 spiro atoms. The van der Waals surface area contributed by atoms with Crippen molar-refractivity contribution in [2.24, 2.45) is 0 Å². The van der Waals surface area contributed by atoms with Crippen molar-refractivity contribution in [3.8, 4) is 11.3 Å². The van der Waals surface area contributed by atoms with Gasteiger partial charge in [-0.3, -0.25) is 14.8 Å². The number of nitrogens with one attached hydrogen (secondary N) is 2. The summed E-state index contributed by atoms with van der Waals surface area (Å²) in [6.45, 7) is 9.79. The van der Waals surface area contributed by atoms with E-state index in [0.29, 0.717) is 27.7 Å². The number of rotatable bonds is 7. The lowest BCUT2D eigenvalue weighted by atomic mass is 10.0. The Labute approximate surface area is 186 Å². The number of anilines is 2. The Hall–Kier alpha value is -3.25. The minimum atomic E-state index is -0.427. The fraction of sp³-hybridized carbons (Fsp3) is 0.208. The molecule has 0 fully saturated rings. The molecule has 5 nitrogen and oxygen atoms in total. The molecule has 1 aromatic carbocycles. The first kappa shape index (κ1) is 22.4. The van der Waals surface area contributed by atoms with Crippen LogP contribution in [0.25, 0.3) is 16.8 Å². The number of aromatic nitrogens is 2. The molecule has 160 valence electrons. The summed E-state index contributed by atoms with van der Waals surface area (Å²) in [4.78, 5) is 21.2. The van der Waals surface area contributed by atoms with Crippen molar-refractivity contribution in [1.82, 2.24) is 15.3 Å². The molecule has 2 heterocycles. The van der Waals surface area contributed by atoms with Crippen molar-refractivity contribution in [2.45, 2.75) is 33.2 Å². The number of allylic oxidation sites excluding steroid dienone is 1. The van der Waals surface area contributed by atoms with Crippen LogP contribution in [0.3, 0.4) is 0 Å². The summed E-state index contributed by atoms with van der Waals surface area (Å²) < 4.78 is 14.4. The van der Waals surface area contributed by atoms with Crippen LogP contribution in [0.4, 0.5) is 15.8 Å². The number of benzene rings is 1. The van der Waals surface area contributed by atoms with Gasteiger partial charge in [-0.25, -0.2) is 4.39 Å². The molecule has 3 aromatic rings. The molecule has 0 aliphatic carbocycles. The Morgan fingerprint density at radius 3 is 2.68 bits per heavy atom. The van der Waals surface area contributed by atoms with E-state index >= 15 is 0 Å². The molecular weight excluding hydrogens is 415 g/mol. The zero-order chi connectivity index (χ0) is 22.5. The largest absolute Gasteiger partial charge is 0.354 e. The van der Waals surface area contributed by atoms with E-state index in [9.17, 15) is 9.18 Å². The number of halogens is 2. The first-order valence-electron chi connectivity index (χ1n) is 9.93. The summed E-state index contributed by atoms with van der Waals surface area (Å²) in [5, 5.41) is 6.64. The molecule has 7 heteroatoms. The van der Waals surface area contributed by atoms with E-state index in [1.54, 1.807) is 24.5 Å². The minimum absolute atomic E-state index is 0.0323. The maximum Gasteiger partial charge on any atom is 0.255 e. The molecule has 31 heavy (non-hydrogen) atoms. The van der Waals surface area contributed by atoms with E-state index in [1.165, 1.54) is 24.4 Å². The zero-order valence-corrected chi connectivity index (χ0v) is 18.4. The highest BCUT2D eigenvalue weighted by molar-refractivity contribution is 6.30. The summed E-state index contributed by atoms with van der Waals surface area (Å²) in [5.74, 6) is -0.652. The van der Waals surface area contributed by atoms with Gasteiger partial charge >= 0.3 is 0 Å². The number of hydrogen-bond acceptors (Lipinski definition) is 4. The maximum absolute atomic E-state index is 14.4. The standard InChI is InChI=1S/C24H24ClFN4O/c1-5-15(4)29-24(31)19-12-27-9-8-21(19)30-23-11-22(28-13-18(23)14(2)3)17-10-16(25)6-7-20(17)26/h6-13,15H,2,5H2,1,3-4H3,(H,29,31)(H,27,28,30)/t15-/m1/s1. The van der Waals surface area contributed by atoms with E-state index < -0.39 is 5.82 Å². The third-order valence-electron chi connectivity index (χ3n) is 4.89. The van der Waals surface area contributed by atoms with Crippen LogP contribution in [0.1, 0.15) is 43.1 Å². The summed E-state index contributed by atoms with van der Waals surface area (Å²) in [6.07, 6.45) is 5.55. The van der Waals surface area contributed by atoms with Gasteiger partial charge in [-0.1, -0.05) is 25.1 Å². The van der Waals surface area contributed by atoms with Gasteiger partial charge in [-0.15, -0.1) is 0 Å². The smallest absolute Gasteiger partial charge is 0.255 e. The normalized spacial score (nSPS) is 11.6. The van der Waals surface area contributed by atoms with Crippen LogP contribution in [0.15, 0.2) is 55.5 Å². The van der Waals surface area contributed by atoms with E-state index in [4.69, 9.17) is 11.6 Å². The van der Waals surface area contributed by atoms with Gasteiger partial charge in [-0.05, 0) is 56.2 Å². The van der Waals surface area contributed by atoms with Crippen LogP contribution in [-0.4, -0.2) is 21.9 Å². The lowest BCUT2D eigenvalue weighted by Crippen LogP contribution is -2.32. The lowest BCUT2D eigenvalue weighted by Gasteiger charge is -2.17. The van der Waals surface area contributed by atoms with Crippen molar-refractivity contribution >= 4 is 34.5 Å². The Bertz CT molecular complexity index is 1130. The molecule has 1 amide bonds. The first-order chi connectivity index (χ1) is 14.8. The van der Waals surface area contributed by atoms with Gasteiger partial charge in [0.1, 0.15) is 5.82 Å². The highest BCUT2D eigenvalue weighted by Crippen LogP contribution is 2.32. The van der Waals surface area contributed by atoms with Gasteiger partial charge < -0.3 is 10.6 Å². The average molecular weight is 439 g/mol. The number of carbonyl (C=O) groups is 1. The molecule has 0 radical (unpaired) electrons. The number of hydrogen-bond donors (Lipinski definition) is 2. The van der Waals surface area contributed by atoms with Gasteiger partial charge in [0.2, 0.25) is 0 Å². The SMILES string of the molecule is C=C(C)c1cnc(-c2cc(Cl)ccc2F)cc1Nc1ccncc1C(=O)N[C@H](C)CC. The van der Waals surface area contributed by atoms with Crippen LogP contribution < -0.4 is 10.6 Å². The highest BCUT2D eigenvalue weighted by atomic mass is 35.5. The third-order valence-corrected chi connectivity index (χ3v) is 5.13. The fourth-order valence-corrected chi connectivity index (χ4v) is 3.15. The number of pyridine rings is 2. The number of nitrogens with zero attached hydrogens (tertiary/aromatic N) is 2. The molecule has 0 saturated heterocycles. The van der Waals surface area contributed by atoms with Crippen LogP contribution in [0, 0.1) is 5.82 Å². The van der Waals surface area contributed by atoms with Crippen molar-refractivity contribution in [1.29, 1.82) is 0 Å². The monoisotopic (exact) mass is 438 g/mol. The van der Waals surface area contributed by atoms with Gasteiger partial charge in [0, 0.05) is 46.5 Å². The summed E-state index contributed by atoms with van der Waals surface area (Å²) in [7, 11) is 0. The van der Waals surface area contributed by atoms with Crippen LogP contribution in [-0.2, 0) is 0 Å². The predicted molar refractivity (Wildman–Crippen MR) is 124 cm³/mol. The van der Waals surface area contributed by atoms with E-state index in [0.717, 1.165) is 17.6 Å². The average Bonchev–Trinajstić information content (AvgIpc) is 2.75. The highest BCUT2D eigenvalue weighted by Gasteiger charge is 2.16. The minimum Gasteiger partial charge on any atom is -0.354 e. The van der Waals surface area contributed by atoms with Crippen LogP contribution >= 0.6 is 11.6 Å². The topological polar surface area (TPSA) is 66.9 Å². The fourth-order valence-electron chi connectivity index (χ4n) is 2.97. The van der Waals surface area contributed by atoms with E-state index in [2.05, 4.69) is 27.2 Å². The molecule has 0 bridgehead atoms. The van der Waals surface area contributed by atoms with Gasteiger partial charge in [0.05, 0.1) is 16.9 Å². The summed E-state index contributed by atoms with van der Waals surface area (Å²) in [6, 6.07) is 7.79. The second kappa shape index (κ2) is 9.71. The van der Waals surface area contributed by atoms with Crippen molar-refractivity contribution in [2.75, 3.05) is 5.32 Å². The van der Waals surface area contributed by atoms with E-state index in [1.807, 2.05) is 20.8 Å². The Morgan fingerprint density at radius 1 is 1.19 bits per heavy atom. The maximum atomic E-state index is 14.4. The van der Waals surface area contributed by atoms with Gasteiger partial charge in [0.15, 0.2) is 0 Å². The summed E-state index contributed by atoms with van der Waals surface area (Å²) in [5.41, 5.74) is 3.83. The quantitative estimate of drug-likeness (QED) is 0.458. The van der Waals surface area contributed by atoms with Crippen molar-refractivity contribution in [3.63, 3.8) is 0 Å². The van der Waals surface area contributed by atoms with E-state index in [-0.39, 0.29) is 17.5 Å². The molecule has 0 aliphatic heterocycles. The van der Waals surface area contributed by atoms with Crippen LogP contribution in [0.2, 0.25) is 5.02 Å². The predicted octanol–water partition coefficient (Wildman–Crippen LogP) is 6.24. The molecule has 1 atom stereocenters. The van der Waals surface area contributed by atoms with Gasteiger partial charge in [0.25, 0.3) is 5.91 Å². The molecule has 2 N–H and O–H groups in total. The molecule has 0 saturated carbocycles. The molecule has 0 unspecified atom stereocenters. The first-order valence-corrected chi connectivity index (χ1v) is 10.3. The molecular formula is C24H24ClFN4O. The van der Waals surface area contributed by atoms with Gasteiger partial charge in [-0.2, -0.15) is 0 Å². The second-order valence-electron chi connectivity index (χ2n) is 7.35. The zero-order valence-electron chi connectivity index (χ0n) is 17.7.